The fraction of sp³-hybridized carbons (Fsp3) is 0.0625. The summed E-state index contributed by atoms with van der Waals surface area (Å²) in [6.45, 7) is 1.71. The third kappa shape index (κ3) is 2.13. The number of aromatic carboxylic acids is 1. The van der Waals surface area contributed by atoms with Gasteiger partial charge in [-0.3, -0.25) is 4.40 Å². The van der Waals surface area contributed by atoms with Crippen LogP contribution in [0.4, 0.5) is 0 Å². The summed E-state index contributed by atoms with van der Waals surface area (Å²) in [6.07, 6.45) is 0. The summed E-state index contributed by atoms with van der Waals surface area (Å²) in [5, 5.41) is 17.5. The molecule has 4 rings (SSSR count). The maximum Gasteiger partial charge on any atom is 0.353 e. The van der Waals surface area contributed by atoms with Crippen molar-refractivity contribution >= 4 is 32.7 Å². The zero-order chi connectivity index (χ0) is 17.8. The predicted molar refractivity (Wildman–Crippen MR) is 89.2 cm³/mol. The molecule has 0 unspecified atom stereocenters. The zero-order valence-electron chi connectivity index (χ0n) is 13.0. The van der Waals surface area contributed by atoms with Crippen molar-refractivity contribution in [3.05, 3.63) is 60.0 Å². The van der Waals surface area contributed by atoms with Crippen molar-refractivity contribution in [1.29, 1.82) is 0 Å². The van der Waals surface area contributed by atoms with Crippen molar-refractivity contribution in [1.82, 2.24) is 18.6 Å². The molecular weight excluding hydrogens is 344 g/mol. The van der Waals surface area contributed by atoms with E-state index < -0.39 is 16.0 Å². The Balaban J connectivity index is 2.16. The highest BCUT2D eigenvalue weighted by atomic mass is 32.2. The van der Waals surface area contributed by atoms with Crippen LogP contribution in [0.1, 0.15) is 16.3 Å². The summed E-state index contributed by atoms with van der Waals surface area (Å²) in [4.78, 5) is 11.7. The Hall–Kier alpha value is -3.20. The maximum atomic E-state index is 13.1. The van der Waals surface area contributed by atoms with Crippen LogP contribution >= 0.6 is 0 Å². The van der Waals surface area contributed by atoms with Gasteiger partial charge in [0.2, 0.25) is 0 Å². The van der Waals surface area contributed by atoms with Crippen molar-refractivity contribution in [2.45, 2.75) is 11.8 Å². The number of benzene rings is 1. The van der Waals surface area contributed by atoms with E-state index >= 15 is 0 Å². The Morgan fingerprint density at radius 2 is 1.76 bits per heavy atom. The molecule has 8 nitrogen and oxygen atoms in total. The van der Waals surface area contributed by atoms with Gasteiger partial charge in [0.25, 0.3) is 10.0 Å². The second-order valence-electron chi connectivity index (χ2n) is 5.46. The van der Waals surface area contributed by atoms with Crippen molar-refractivity contribution in [3.63, 3.8) is 0 Å². The lowest BCUT2D eigenvalue weighted by atomic mass is 10.3. The number of aromatic nitrogens is 4. The summed E-state index contributed by atoms with van der Waals surface area (Å²) >= 11 is 0. The molecule has 0 aliphatic heterocycles. The Morgan fingerprint density at radius 3 is 2.44 bits per heavy atom. The van der Waals surface area contributed by atoms with Gasteiger partial charge in [-0.1, -0.05) is 18.2 Å². The Labute approximate surface area is 142 Å². The van der Waals surface area contributed by atoms with Crippen LogP contribution in [0.2, 0.25) is 0 Å². The van der Waals surface area contributed by atoms with Crippen LogP contribution in [0.25, 0.3) is 16.7 Å². The monoisotopic (exact) mass is 356 g/mol. The maximum absolute atomic E-state index is 13.1. The van der Waals surface area contributed by atoms with Crippen LogP contribution in [0.5, 0.6) is 0 Å². The Morgan fingerprint density at radius 1 is 1.04 bits per heavy atom. The van der Waals surface area contributed by atoms with E-state index in [4.69, 9.17) is 0 Å². The van der Waals surface area contributed by atoms with Crippen molar-refractivity contribution in [2.24, 2.45) is 0 Å². The summed E-state index contributed by atoms with van der Waals surface area (Å²) in [7, 11) is -4.08. The first-order chi connectivity index (χ1) is 11.9. The third-order valence-electron chi connectivity index (χ3n) is 3.96. The SMILES string of the molecule is Cc1nnc2ccc3c(cc(C(=O)O)n3S(=O)(=O)c3ccccc3)n12. The van der Waals surface area contributed by atoms with Gasteiger partial charge in [0.1, 0.15) is 11.5 Å². The number of carboxylic acids is 1. The number of nitrogens with zero attached hydrogens (tertiary/aromatic N) is 4. The van der Waals surface area contributed by atoms with E-state index in [2.05, 4.69) is 10.2 Å². The third-order valence-corrected chi connectivity index (χ3v) is 5.70. The summed E-state index contributed by atoms with van der Waals surface area (Å²) in [5.41, 5.74) is 0.823. The second kappa shape index (κ2) is 5.15. The molecule has 25 heavy (non-hydrogen) atoms. The average Bonchev–Trinajstić information content (AvgIpc) is 3.16. The van der Waals surface area contributed by atoms with Crippen LogP contribution < -0.4 is 0 Å². The molecule has 0 fully saturated rings. The lowest BCUT2D eigenvalue weighted by Gasteiger charge is -2.10. The van der Waals surface area contributed by atoms with E-state index in [1.54, 1.807) is 35.6 Å². The summed E-state index contributed by atoms with van der Waals surface area (Å²) in [5.74, 6) is -0.804. The molecule has 0 saturated carbocycles. The smallest absolute Gasteiger partial charge is 0.353 e. The highest BCUT2D eigenvalue weighted by Crippen LogP contribution is 2.27. The predicted octanol–water partition coefficient (Wildman–Crippen LogP) is 1.93. The zero-order valence-corrected chi connectivity index (χ0v) is 13.8. The number of rotatable bonds is 3. The van der Waals surface area contributed by atoms with E-state index in [-0.39, 0.29) is 16.1 Å². The highest BCUT2D eigenvalue weighted by molar-refractivity contribution is 7.90. The van der Waals surface area contributed by atoms with Gasteiger partial charge in [0.05, 0.1) is 15.9 Å². The highest BCUT2D eigenvalue weighted by Gasteiger charge is 2.27. The molecule has 0 atom stereocenters. The molecule has 0 radical (unpaired) electrons. The summed E-state index contributed by atoms with van der Waals surface area (Å²) in [6, 6.07) is 12.2. The molecule has 0 bridgehead atoms. The van der Waals surface area contributed by atoms with Gasteiger partial charge in [0, 0.05) is 0 Å². The first-order valence-electron chi connectivity index (χ1n) is 7.31. The lowest BCUT2D eigenvalue weighted by Crippen LogP contribution is -2.18. The number of aryl methyl sites for hydroxylation is 1. The molecule has 0 saturated heterocycles. The average molecular weight is 356 g/mol. The van der Waals surface area contributed by atoms with Crippen molar-refractivity contribution < 1.29 is 18.3 Å². The van der Waals surface area contributed by atoms with Crippen LogP contribution in [0, 0.1) is 6.92 Å². The molecule has 0 aliphatic carbocycles. The van der Waals surface area contributed by atoms with Gasteiger partial charge < -0.3 is 5.11 Å². The minimum Gasteiger partial charge on any atom is -0.477 e. The van der Waals surface area contributed by atoms with E-state index in [1.807, 2.05) is 0 Å². The van der Waals surface area contributed by atoms with Crippen molar-refractivity contribution in [3.8, 4) is 0 Å². The van der Waals surface area contributed by atoms with Crippen LogP contribution in [-0.2, 0) is 10.0 Å². The molecular formula is C16H12N4O4S. The molecule has 0 spiro atoms. The molecule has 0 amide bonds. The van der Waals surface area contributed by atoms with Gasteiger partial charge in [-0.05, 0) is 37.3 Å². The standard InChI is InChI=1S/C16H12N4O4S/c1-10-17-18-15-8-7-12-13(19(10)15)9-14(16(21)22)20(12)25(23,24)11-5-3-2-4-6-11/h2-9H,1H3,(H,21,22). The fourth-order valence-corrected chi connectivity index (χ4v) is 4.39. The minimum atomic E-state index is -4.08. The van der Waals surface area contributed by atoms with Gasteiger partial charge in [-0.15, -0.1) is 10.2 Å². The van der Waals surface area contributed by atoms with Crippen LogP contribution in [0.3, 0.4) is 0 Å². The van der Waals surface area contributed by atoms with Crippen molar-refractivity contribution in [2.75, 3.05) is 0 Å². The molecule has 1 N–H and O–H groups in total. The first kappa shape index (κ1) is 15.3. The number of carbonyl (C=O) groups is 1. The van der Waals surface area contributed by atoms with Gasteiger partial charge in [-0.2, -0.15) is 0 Å². The Bertz CT molecular complexity index is 1240. The topological polar surface area (TPSA) is 107 Å². The molecule has 126 valence electrons. The van der Waals surface area contributed by atoms with Gasteiger partial charge in [-0.25, -0.2) is 17.2 Å². The Kier molecular flexibility index (Phi) is 3.16. The number of hydrogen-bond donors (Lipinski definition) is 1. The molecule has 0 aliphatic rings. The molecule has 9 heteroatoms. The van der Waals surface area contributed by atoms with Crippen LogP contribution in [-0.4, -0.2) is 38.1 Å². The molecule has 4 aromatic rings. The minimum absolute atomic E-state index is 0.00979. The second-order valence-corrected chi connectivity index (χ2v) is 7.25. The first-order valence-corrected chi connectivity index (χ1v) is 8.75. The van der Waals surface area contributed by atoms with Crippen LogP contribution in [0.15, 0.2) is 53.4 Å². The number of fused-ring (bicyclic) bond motifs is 3. The largest absolute Gasteiger partial charge is 0.477 e. The molecule has 3 aromatic heterocycles. The summed E-state index contributed by atoms with van der Waals surface area (Å²) < 4.78 is 28.6. The molecule has 1 aromatic carbocycles. The number of carboxylic acid groups (broad SMARTS) is 1. The normalized spacial score (nSPS) is 12.0. The van der Waals surface area contributed by atoms with Gasteiger partial charge >= 0.3 is 5.97 Å². The van der Waals surface area contributed by atoms with E-state index in [9.17, 15) is 18.3 Å². The quantitative estimate of drug-likeness (QED) is 0.601. The fourth-order valence-electron chi connectivity index (χ4n) is 2.87. The van der Waals surface area contributed by atoms with E-state index in [1.165, 1.54) is 24.3 Å². The van der Waals surface area contributed by atoms with E-state index in [0.29, 0.717) is 17.0 Å². The lowest BCUT2D eigenvalue weighted by molar-refractivity contribution is 0.0689. The number of hydrogen-bond acceptors (Lipinski definition) is 5. The molecule has 3 heterocycles. The number of pyridine rings is 1. The van der Waals surface area contributed by atoms with Gasteiger partial charge in [0.15, 0.2) is 5.65 Å². The van der Waals surface area contributed by atoms with E-state index in [0.717, 1.165) is 3.97 Å².